The SMILES string of the molecule is CC(C)C1(C)CCC2CC1C2. The summed E-state index contributed by atoms with van der Waals surface area (Å²) in [5.74, 6) is 3.11. The van der Waals surface area contributed by atoms with Crippen LogP contribution in [0.4, 0.5) is 0 Å². The first-order valence-electron chi connectivity index (χ1n) is 5.13. The van der Waals surface area contributed by atoms with E-state index in [1.165, 1.54) is 12.8 Å². The Labute approximate surface area is 70.4 Å². The summed E-state index contributed by atoms with van der Waals surface area (Å²) in [4.78, 5) is 0. The van der Waals surface area contributed by atoms with Crippen LogP contribution in [0.5, 0.6) is 0 Å². The molecule has 11 heavy (non-hydrogen) atoms. The van der Waals surface area contributed by atoms with Crippen molar-refractivity contribution in [2.45, 2.75) is 46.5 Å². The highest BCUT2D eigenvalue weighted by Gasteiger charge is 2.48. The van der Waals surface area contributed by atoms with Crippen LogP contribution in [-0.4, -0.2) is 0 Å². The van der Waals surface area contributed by atoms with Crippen LogP contribution in [0.1, 0.15) is 46.5 Å². The lowest BCUT2D eigenvalue weighted by Crippen LogP contribution is -2.46. The zero-order chi connectivity index (χ0) is 8.06. The van der Waals surface area contributed by atoms with Gasteiger partial charge in [-0.1, -0.05) is 20.8 Å². The van der Waals surface area contributed by atoms with Gasteiger partial charge in [-0.25, -0.2) is 0 Å². The van der Waals surface area contributed by atoms with Crippen LogP contribution >= 0.6 is 0 Å². The average molecular weight is 152 g/mol. The van der Waals surface area contributed by atoms with Crippen molar-refractivity contribution in [3.05, 3.63) is 0 Å². The van der Waals surface area contributed by atoms with Crippen LogP contribution in [0.2, 0.25) is 0 Å². The summed E-state index contributed by atoms with van der Waals surface area (Å²) in [5.41, 5.74) is 0.703. The predicted molar refractivity (Wildman–Crippen MR) is 48.4 cm³/mol. The van der Waals surface area contributed by atoms with Gasteiger partial charge in [0.1, 0.15) is 0 Å². The lowest BCUT2D eigenvalue weighted by molar-refractivity contribution is -0.0528. The minimum atomic E-state index is 0.703. The van der Waals surface area contributed by atoms with Gasteiger partial charge in [-0.05, 0) is 48.9 Å². The molecule has 0 heterocycles. The molecule has 0 saturated heterocycles. The maximum atomic E-state index is 2.51. The van der Waals surface area contributed by atoms with E-state index in [1.54, 1.807) is 12.8 Å². The van der Waals surface area contributed by atoms with Crippen molar-refractivity contribution in [3.63, 3.8) is 0 Å². The topological polar surface area (TPSA) is 0 Å². The maximum Gasteiger partial charge on any atom is -0.0274 e. The van der Waals surface area contributed by atoms with Crippen molar-refractivity contribution in [2.24, 2.45) is 23.2 Å². The molecule has 0 aromatic carbocycles. The van der Waals surface area contributed by atoms with Crippen molar-refractivity contribution >= 4 is 0 Å². The van der Waals surface area contributed by atoms with E-state index in [4.69, 9.17) is 0 Å². The van der Waals surface area contributed by atoms with Crippen molar-refractivity contribution in [1.82, 2.24) is 0 Å². The fraction of sp³-hybridized carbons (Fsp3) is 1.00. The highest BCUT2D eigenvalue weighted by molar-refractivity contribution is 4.98. The lowest BCUT2D eigenvalue weighted by Gasteiger charge is -2.55. The first-order chi connectivity index (χ1) is 5.13. The molecule has 2 bridgehead atoms. The molecule has 0 aromatic heterocycles. The van der Waals surface area contributed by atoms with E-state index >= 15 is 0 Å². The van der Waals surface area contributed by atoms with E-state index in [-0.39, 0.29) is 0 Å². The standard InChI is InChI=1S/C11H20/c1-8(2)11(3)5-4-9-6-10(11)7-9/h8-10H,4-7H2,1-3H3. The van der Waals surface area contributed by atoms with E-state index in [0.717, 1.165) is 17.8 Å². The number of fused-ring (bicyclic) bond motifs is 2. The molecule has 0 heteroatoms. The fourth-order valence-corrected chi connectivity index (χ4v) is 2.99. The van der Waals surface area contributed by atoms with E-state index in [9.17, 15) is 0 Å². The van der Waals surface area contributed by atoms with Gasteiger partial charge < -0.3 is 0 Å². The van der Waals surface area contributed by atoms with Gasteiger partial charge in [0, 0.05) is 0 Å². The van der Waals surface area contributed by atoms with Gasteiger partial charge in [0.05, 0.1) is 0 Å². The van der Waals surface area contributed by atoms with E-state index < -0.39 is 0 Å². The second kappa shape index (κ2) is 2.24. The van der Waals surface area contributed by atoms with Crippen molar-refractivity contribution in [1.29, 1.82) is 0 Å². The number of hydrogen-bond acceptors (Lipinski definition) is 0. The quantitative estimate of drug-likeness (QED) is 0.539. The highest BCUT2D eigenvalue weighted by Crippen LogP contribution is 2.58. The minimum Gasteiger partial charge on any atom is -0.0622 e. The molecular weight excluding hydrogens is 132 g/mol. The molecule has 0 amide bonds. The molecule has 0 spiro atoms. The second-order valence-corrected chi connectivity index (χ2v) is 5.23. The molecule has 3 aliphatic carbocycles. The van der Waals surface area contributed by atoms with Crippen LogP contribution in [0.3, 0.4) is 0 Å². The van der Waals surface area contributed by atoms with Gasteiger partial charge in [-0.3, -0.25) is 0 Å². The molecule has 0 radical (unpaired) electrons. The Morgan fingerprint density at radius 1 is 1.27 bits per heavy atom. The summed E-state index contributed by atoms with van der Waals surface area (Å²) in [5, 5.41) is 0. The monoisotopic (exact) mass is 152 g/mol. The molecule has 1 atom stereocenters. The zero-order valence-corrected chi connectivity index (χ0v) is 8.06. The average Bonchev–Trinajstić information content (AvgIpc) is 1.85. The van der Waals surface area contributed by atoms with Crippen molar-refractivity contribution in [2.75, 3.05) is 0 Å². The van der Waals surface area contributed by atoms with Gasteiger partial charge in [0.2, 0.25) is 0 Å². The largest absolute Gasteiger partial charge is 0.0622 e. The fourth-order valence-electron chi connectivity index (χ4n) is 2.99. The molecule has 3 fully saturated rings. The number of rotatable bonds is 1. The van der Waals surface area contributed by atoms with Gasteiger partial charge in [-0.15, -0.1) is 0 Å². The smallest absolute Gasteiger partial charge is 0.0274 e. The Morgan fingerprint density at radius 3 is 2.18 bits per heavy atom. The third-order valence-electron chi connectivity index (χ3n) is 4.58. The maximum absolute atomic E-state index is 2.51. The van der Waals surface area contributed by atoms with Crippen molar-refractivity contribution in [3.8, 4) is 0 Å². The van der Waals surface area contributed by atoms with Gasteiger partial charge >= 0.3 is 0 Å². The molecule has 64 valence electrons. The lowest BCUT2D eigenvalue weighted by atomic mass is 9.50. The van der Waals surface area contributed by atoms with E-state index in [0.29, 0.717) is 5.41 Å². The van der Waals surface area contributed by atoms with Crippen LogP contribution in [0.15, 0.2) is 0 Å². The summed E-state index contributed by atoms with van der Waals surface area (Å²) in [7, 11) is 0. The Hall–Kier alpha value is 0. The molecule has 3 rings (SSSR count). The normalized spacial score (nSPS) is 49.1. The Balaban J connectivity index is 2.11. The van der Waals surface area contributed by atoms with Crippen LogP contribution in [-0.2, 0) is 0 Å². The second-order valence-electron chi connectivity index (χ2n) is 5.23. The Bertz CT molecular complexity index is 151. The van der Waals surface area contributed by atoms with Gasteiger partial charge in [0.25, 0.3) is 0 Å². The van der Waals surface area contributed by atoms with E-state index in [1.807, 2.05) is 0 Å². The molecule has 0 aromatic rings. The summed E-state index contributed by atoms with van der Waals surface area (Å²) in [6.07, 6.45) is 6.12. The van der Waals surface area contributed by atoms with Gasteiger partial charge in [-0.2, -0.15) is 0 Å². The third kappa shape index (κ3) is 0.947. The number of hydrogen-bond donors (Lipinski definition) is 0. The first-order valence-corrected chi connectivity index (χ1v) is 5.13. The first kappa shape index (κ1) is 7.64. The van der Waals surface area contributed by atoms with Crippen LogP contribution in [0, 0.1) is 23.2 Å². The summed E-state index contributed by atoms with van der Waals surface area (Å²) < 4.78 is 0. The van der Waals surface area contributed by atoms with Crippen molar-refractivity contribution < 1.29 is 0 Å². The molecule has 0 N–H and O–H groups in total. The Kier molecular flexibility index (Phi) is 1.56. The Morgan fingerprint density at radius 2 is 1.91 bits per heavy atom. The minimum absolute atomic E-state index is 0.703. The molecule has 3 saturated carbocycles. The van der Waals surface area contributed by atoms with Crippen LogP contribution in [0.25, 0.3) is 0 Å². The molecule has 0 aliphatic heterocycles. The predicted octanol–water partition coefficient (Wildman–Crippen LogP) is 3.47. The summed E-state index contributed by atoms with van der Waals surface area (Å²) in [6.45, 7) is 7.31. The van der Waals surface area contributed by atoms with E-state index in [2.05, 4.69) is 20.8 Å². The molecule has 1 unspecified atom stereocenters. The summed E-state index contributed by atoms with van der Waals surface area (Å²) in [6, 6.07) is 0. The molecule has 3 aliphatic rings. The molecule has 0 nitrogen and oxygen atoms in total. The van der Waals surface area contributed by atoms with Crippen LogP contribution < -0.4 is 0 Å². The summed E-state index contributed by atoms with van der Waals surface area (Å²) >= 11 is 0. The highest BCUT2D eigenvalue weighted by atomic mass is 14.5. The third-order valence-corrected chi connectivity index (χ3v) is 4.58. The molecular formula is C11H20. The zero-order valence-electron chi connectivity index (χ0n) is 8.06. The van der Waals surface area contributed by atoms with Gasteiger partial charge in [0.15, 0.2) is 0 Å².